The van der Waals surface area contributed by atoms with Gasteiger partial charge in [-0.1, -0.05) is 30.0 Å². The average molecular weight is 449 g/mol. The Labute approximate surface area is 190 Å². The van der Waals surface area contributed by atoms with Gasteiger partial charge in [0.05, 0.1) is 12.3 Å². The van der Waals surface area contributed by atoms with Gasteiger partial charge in [0, 0.05) is 34.9 Å². The van der Waals surface area contributed by atoms with Crippen molar-refractivity contribution < 1.29 is 9.59 Å². The topological polar surface area (TPSA) is 94.0 Å². The summed E-state index contributed by atoms with van der Waals surface area (Å²) in [6.07, 6.45) is 7.21. The van der Waals surface area contributed by atoms with E-state index in [4.69, 9.17) is 0 Å². The predicted octanol–water partition coefficient (Wildman–Crippen LogP) is 3.50. The number of pyridine rings is 1. The van der Waals surface area contributed by atoms with Crippen molar-refractivity contribution >= 4 is 29.1 Å². The summed E-state index contributed by atoms with van der Waals surface area (Å²) >= 11 is 1.29. The first kappa shape index (κ1) is 22.0. The molecule has 0 bridgehead atoms. The maximum atomic E-state index is 12.8. The van der Waals surface area contributed by atoms with Gasteiger partial charge in [0.1, 0.15) is 5.03 Å². The number of aromatic nitrogens is 3. The minimum atomic E-state index is -0.299. The van der Waals surface area contributed by atoms with Crippen molar-refractivity contribution in [2.45, 2.75) is 44.2 Å². The summed E-state index contributed by atoms with van der Waals surface area (Å²) in [7, 11) is 0. The van der Waals surface area contributed by atoms with E-state index in [9.17, 15) is 14.4 Å². The Bertz CT molecular complexity index is 1210. The molecule has 8 heteroatoms. The number of carbonyl (C=O) groups excluding carboxylic acids is 2. The molecule has 0 unspecified atom stereocenters. The summed E-state index contributed by atoms with van der Waals surface area (Å²) in [4.78, 5) is 45.3. The van der Waals surface area contributed by atoms with Crippen LogP contribution in [0, 0.1) is 0 Å². The van der Waals surface area contributed by atoms with E-state index in [0.29, 0.717) is 22.8 Å². The highest BCUT2D eigenvalue weighted by Crippen LogP contribution is 2.29. The van der Waals surface area contributed by atoms with Gasteiger partial charge in [0.2, 0.25) is 5.91 Å². The van der Waals surface area contributed by atoms with Gasteiger partial charge in [0.25, 0.3) is 0 Å². The number of hydrogen-bond donors (Lipinski definition) is 1. The average Bonchev–Trinajstić information content (AvgIpc) is 2.80. The summed E-state index contributed by atoms with van der Waals surface area (Å²) in [6.45, 7) is 1.93. The molecule has 0 fully saturated rings. The summed E-state index contributed by atoms with van der Waals surface area (Å²) in [5.41, 5.74) is 3.85. The molecule has 7 nitrogen and oxygen atoms in total. The first-order chi connectivity index (χ1) is 15.5. The molecule has 1 aliphatic rings. The van der Waals surface area contributed by atoms with Crippen LogP contribution in [0.4, 0.5) is 5.69 Å². The molecule has 2 heterocycles. The van der Waals surface area contributed by atoms with Crippen LogP contribution in [0.25, 0.3) is 0 Å². The van der Waals surface area contributed by atoms with E-state index in [-0.39, 0.29) is 23.1 Å². The number of nitrogens with one attached hydrogen (secondary N) is 1. The second-order valence-corrected chi connectivity index (χ2v) is 8.72. The molecule has 3 aromatic rings. The van der Waals surface area contributed by atoms with Gasteiger partial charge >= 0.3 is 5.69 Å². The maximum absolute atomic E-state index is 12.8. The molecule has 2 aromatic heterocycles. The van der Waals surface area contributed by atoms with Gasteiger partial charge in [-0.2, -0.15) is 4.98 Å². The van der Waals surface area contributed by atoms with Crippen molar-refractivity contribution in [2.75, 3.05) is 11.1 Å². The van der Waals surface area contributed by atoms with Crippen molar-refractivity contribution in [2.24, 2.45) is 0 Å². The fraction of sp³-hybridized carbons (Fsp3) is 0.292. The van der Waals surface area contributed by atoms with E-state index in [0.717, 1.165) is 42.5 Å². The van der Waals surface area contributed by atoms with Crippen molar-refractivity contribution in [1.29, 1.82) is 0 Å². The van der Waals surface area contributed by atoms with Crippen molar-refractivity contribution in [3.8, 4) is 0 Å². The number of Topliss-reactive ketones (excluding diaryl/α,β-unsaturated/α-hetero) is 1. The zero-order valence-corrected chi connectivity index (χ0v) is 18.7. The lowest BCUT2D eigenvalue weighted by molar-refractivity contribution is -0.113. The SMILES string of the molecule is CC(=O)c1cccc(NC(=O)CSc2nc(=O)n(Cc3cccnc3)c3c2CCCC3)c1. The Kier molecular flexibility index (Phi) is 6.80. The van der Waals surface area contributed by atoms with Gasteiger partial charge in [0.15, 0.2) is 5.78 Å². The Balaban J connectivity index is 1.51. The molecule has 0 radical (unpaired) electrons. The molecule has 32 heavy (non-hydrogen) atoms. The van der Waals surface area contributed by atoms with Gasteiger partial charge in [-0.3, -0.25) is 19.1 Å². The van der Waals surface area contributed by atoms with E-state index in [1.807, 2.05) is 12.1 Å². The fourth-order valence-electron chi connectivity index (χ4n) is 3.85. The lowest BCUT2D eigenvalue weighted by atomic mass is 9.97. The van der Waals surface area contributed by atoms with Crippen molar-refractivity contribution in [3.63, 3.8) is 0 Å². The van der Waals surface area contributed by atoms with E-state index in [2.05, 4.69) is 15.3 Å². The predicted molar refractivity (Wildman–Crippen MR) is 124 cm³/mol. The van der Waals surface area contributed by atoms with Crippen LogP contribution in [-0.4, -0.2) is 32.0 Å². The lowest BCUT2D eigenvalue weighted by Crippen LogP contribution is -2.30. The van der Waals surface area contributed by atoms with Crippen LogP contribution in [0.2, 0.25) is 0 Å². The highest BCUT2D eigenvalue weighted by atomic mass is 32.2. The largest absolute Gasteiger partial charge is 0.349 e. The Morgan fingerprint density at radius 2 is 2.00 bits per heavy atom. The van der Waals surface area contributed by atoms with E-state index in [1.54, 1.807) is 41.2 Å². The second kappa shape index (κ2) is 9.91. The molecule has 1 N–H and O–H groups in total. The monoisotopic (exact) mass is 448 g/mol. The molecule has 0 saturated heterocycles. The van der Waals surface area contributed by atoms with Crippen LogP contribution in [0.1, 0.15) is 46.9 Å². The van der Waals surface area contributed by atoms with Gasteiger partial charge < -0.3 is 5.32 Å². The Morgan fingerprint density at radius 1 is 1.16 bits per heavy atom. The molecule has 4 rings (SSSR count). The zero-order chi connectivity index (χ0) is 22.5. The van der Waals surface area contributed by atoms with Crippen LogP contribution >= 0.6 is 11.8 Å². The number of fused-ring (bicyclic) bond motifs is 1. The number of benzene rings is 1. The third-order valence-corrected chi connectivity index (χ3v) is 6.42. The first-order valence-corrected chi connectivity index (χ1v) is 11.5. The molecule has 0 spiro atoms. The number of rotatable bonds is 7. The molecule has 164 valence electrons. The number of nitrogens with zero attached hydrogens (tertiary/aromatic N) is 3. The Hall–Kier alpha value is -3.26. The lowest BCUT2D eigenvalue weighted by Gasteiger charge is -2.22. The van der Waals surface area contributed by atoms with Gasteiger partial charge in [-0.05, 0) is 56.4 Å². The summed E-state index contributed by atoms with van der Waals surface area (Å²) < 4.78 is 1.74. The number of thioether (sulfide) groups is 1. The summed E-state index contributed by atoms with van der Waals surface area (Å²) in [6, 6.07) is 10.7. The molecule has 0 saturated carbocycles. The number of carbonyl (C=O) groups is 2. The highest BCUT2D eigenvalue weighted by molar-refractivity contribution is 8.00. The maximum Gasteiger partial charge on any atom is 0.349 e. The van der Waals surface area contributed by atoms with Gasteiger partial charge in [-0.15, -0.1) is 0 Å². The molecule has 1 amide bonds. The smallest absolute Gasteiger partial charge is 0.325 e. The minimum absolute atomic E-state index is 0.0573. The number of ketones is 1. The van der Waals surface area contributed by atoms with Crippen LogP contribution in [0.5, 0.6) is 0 Å². The van der Waals surface area contributed by atoms with Crippen molar-refractivity contribution in [3.05, 3.63) is 81.7 Å². The standard InChI is InChI=1S/C24H24N4O3S/c1-16(29)18-7-4-8-19(12-18)26-22(30)15-32-23-20-9-2-3-10-21(20)28(24(31)27-23)14-17-6-5-11-25-13-17/h4-8,11-13H,2-3,9-10,14-15H2,1H3,(H,26,30). The third kappa shape index (κ3) is 5.13. The zero-order valence-electron chi connectivity index (χ0n) is 17.8. The number of amides is 1. The van der Waals surface area contributed by atoms with Crippen LogP contribution in [0.3, 0.4) is 0 Å². The Morgan fingerprint density at radius 3 is 2.78 bits per heavy atom. The quantitative estimate of drug-likeness (QED) is 0.338. The highest BCUT2D eigenvalue weighted by Gasteiger charge is 2.21. The van der Waals surface area contributed by atoms with E-state index < -0.39 is 0 Å². The number of anilines is 1. The molecule has 1 aromatic carbocycles. The third-order valence-electron chi connectivity index (χ3n) is 5.41. The normalized spacial score (nSPS) is 12.8. The van der Waals surface area contributed by atoms with E-state index in [1.165, 1.54) is 18.7 Å². The number of hydrogen-bond acceptors (Lipinski definition) is 6. The van der Waals surface area contributed by atoms with Crippen LogP contribution in [0.15, 0.2) is 58.6 Å². The molecule has 1 aliphatic carbocycles. The molecular formula is C24H24N4O3S. The van der Waals surface area contributed by atoms with Crippen LogP contribution in [-0.2, 0) is 24.2 Å². The summed E-state index contributed by atoms with van der Waals surface area (Å²) in [5, 5.41) is 3.45. The molecule has 0 atom stereocenters. The molecule has 0 aliphatic heterocycles. The van der Waals surface area contributed by atoms with E-state index >= 15 is 0 Å². The van der Waals surface area contributed by atoms with Gasteiger partial charge in [-0.25, -0.2) is 4.79 Å². The fourth-order valence-corrected chi connectivity index (χ4v) is 4.73. The summed E-state index contributed by atoms with van der Waals surface area (Å²) in [5.74, 6) is -0.129. The minimum Gasteiger partial charge on any atom is -0.325 e. The second-order valence-electron chi connectivity index (χ2n) is 7.75. The molecular weight excluding hydrogens is 424 g/mol. The van der Waals surface area contributed by atoms with Crippen LogP contribution < -0.4 is 11.0 Å². The first-order valence-electron chi connectivity index (χ1n) is 10.6. The van der Waals surface area contributed by atoms with Crippen molar-refractivity contribution in [1.82, 2.24) is 14.5 Å².